The van der Waals surface area contributed by atoms with Crippen LogP contribution in [0.1, 0.15) is 39.0 Å². The van der Waals surface area contributed by atoms with Crippen LogP contribution in [0.3, 0.4) is 0 Å². The normalized spacial score (nSPS) is 12.7. The molecule has 5 N–H and O–H groups in total. The zero-order valence-electron chi connectivity index (χ0n) is 9.80. The Balaban J connectivity index is 3.59. The van der Waals surface area contributed by atoms with Crippen LogP contribution >= 0.6 is 0 Å². The van der Waals surface area contributed by atoms with E-state index in [9.17, 15) is 4.79 Å². The largest absolute Gasteiger partial charge is 0.330 e. The van der Waals surface area contributed by atoms with E-state index in [0.717, 1.165) is 45.2 Å². The molecule has 0 spiro atoms. The average Bonchev–Trinajstić information content (AvgIpc) is 2.21. The van der Waals surface area contributed by atoms with Crippen molar-refractivity contribution >= 4 is 5.78 Å². The van der Waals surface area contributed by atoms with Crippen LogP contribution in [0.5, 0.6) is 0 Å². The van der Waals surface area contributed by atoms with E-state index in [-0.39, 0.29) is 11.8 Å². The third kappa shape index (κ3) is 8.54. The zero-order valence-corrected chi connectivity index (χ0v) is 9.80. The summed E-state index contributed by atoms with van der Waals surface area (Å²) in [4.78, 5) is 11.3. The van der Waals surface area contributed by atoms with Gasteiger partial charge in [-0.2, -0.15) is 0 Å². The first-order valence-electron chi connectivity index (χ1n) is 5.86. The highest BCUT2D eigenvalue weighted by Gasteiger charge is 2.11. The van der Waals surface area contributed by atoms with E-state index in [1.165, 1.54) is 0 Å². The number of hydrogen-bond donors (Lipinski definition) is 3. The minimum absolute atomic E-state index is 0.00863. The van der Waals surface area contributed by atoms with E-state index in [4.69, 9.17) is 11.5 Å². The third-order valence-electron chi connectivity index (χ3n) is 2.46. The van der Waals surface area contributed by atoms with E-state index >= 15 is 0 Å². The molecule has 0 aromatic carbocycles. The average molecular weight is 215 g/mol. The van der Waals surface area contributed by atoms with E-state index < -0.39 is 0 Å². The number of hydrogen-bond acceptors (Lipinski definition) is 4. The second-order valence-electron chi connectivity index (χ2n) is 3.90. The van der Waals surface area contributed by atoms with Gasteiger partial charge in [0.1, 0.15) is 5.78 Å². The fourth-order valence-corrected chi connectivity index (χ4v) is 1.49. The van der Waals surface area contributed by atoms with Gasteiger partial charge in [-0.15, -0.1) is 0 Å². The summed E-state index contributed by atoms with van der Waals surface area (Å²) in [5.41, 5.74) is 10.8. The van der Waals surface area contributed by atoms with Crippen LogP contribution in [0.2, 0.25) is 0 Å². The highest BCUT2D eigenvalue weighted by molar-refractivity contribution is 5.81. The molecular weight excluding hydrogens is 190 g/mol. The molecule has 0 bridgehead atoms. The molecule has 0 fully saturated rings. The molecule has 0 unspecified atom stereocenters. The van der Waals surface area contributed by atoms with E-state index in [1.807, 2.05) is 0 Å². The monoisotopic (exact) mass is 215 g/mol. The lowest BCUT2D eigenvalue weighted by Crippen LogP contribution is -2.36. The molecule has 4 heteroatoms. The van der Waals surface area contributed by atoms with Gasteiger partial charge in [0.25, 0.3) is 0 Å². The Morgan fingerprint density at radius 1 is 1.13 bits per heavy atom. The predicted molar refractivity (Wildman–Crippen MR) is 63.7 cm³/mol. The number of carbonyl (C=O) groups excluding carboxylic acids is 1. The summed E-state index contributed by atoms with van der Waals surface area (Å²) in [6.45, 7) is 3.95. The minimum Gasteiger partial charge on any atom is -0.330 e. The lowest BCUT2D eigenvalue weighted by Gasteiger charge is -2.15. The first kappa shape index (κ1) is 14.6. The minimum atomic E-state index is 0.00863. The van der Waals surface area contributed by atoms with Crippen molar-refractivity contribution in [2.24, 2.45) is 11.5 Å². The summed E-state index contributed by atoms with van der Waals surface area (Å²) in [6, 6.07) is 0.00863. The van der Waals surface area contributed by atoms with Crippen LogP contribution in [0.4, 0.5) is 0 Å². The maximum atomic E-state index is 11.3. The smallest absolute Gasteiger partial charge is 0.146 e. The Morgan fingerprint density at radius 2 is 1.73 bits per heavy atom. The molecule has 15 heavy (non-hydrogen) atoms. The molecule has 0 aliphatic rings. The van der Waals surface area contributed by atoms with Gasteiger partial charge >= 0.3 is 0 Å². The molecule has 90 valence electrons. The molecule has 0 aromatic rings. The number of ketones is 1. The van der Waals surface area contributed by atoms with Crippen LogP contribution in [0.15, 0.2) is 0 Å². The molecule has 0 saturated carbocycles. The second-order valence-corrected chi connectivity index (χ2v) is 3.90. The maximum Gasteiger partial charge on any atom is 0.146 e. The van der Waals surface area contributed by atoms with Gasteiger partial charge < -0.3 is 16.8 Å². The van der Waals surface area contributed by atoms with Crippen LogP contribution in [-0.2, 0) is 4.79 Å². The molecule has 0 aliphatic carbocycles. The Morgan fingerprint density at radius 3 is 2.27 bits per heavy atom. The van der Waals surface area contributed by atoms with E-state index in [0.29, 0.717) is 6.54 Å². The van der Waals surface area contributed by atoms with Gasteiger partial charge in [-0.1, -0.05) is 6.42 Å². The number of unbranched alkanes of at least 4 members (excludes halogenated alkanes) is 2. The predicted octanol–water partition coefficient (Wildman–Crippen LogP) is 0.402. The Kier molecular flexibility index (Phi) is 9.78. The van der Waals surface area contributed by atoms with Gasteiger partial charge in [0.05, 0.1) is 6.04 Å². The summed E-state index contributed by atoms with van der Waals surface area (Å²) in [5.74, 6) is 0.222. The highest BCUT2D eigenvalue weighted by atomic mass is 16.1. The molecular formula is C11H25N3O. The molecule has 0 aliphatic heterocycles. The summed E-state index contributed by atoms with van der Waals surface area (Å²) < 4.78 is 0. The first-order valence-corrected chi connectivity index (χ1v) is 5.86. The number of nitrogens with one attached hydrogen (secondary N) is 1. The van der Waals surface area contributed by atoms with Crippen molar-refractivity contribution < 1.29 is 4.79 Å². The Bertz CT molecular complexity index is 162. The van der Waals surface area contributed by atoms with E-state index in [1.54, 1.807) is 6.92 Å². The van der Waals surface area contributed by atoms with Crippen LogP contribution in [0, 0.1) is 0 Å². The van der Waals surface area contributed by atoms with Gasteiger partial charge in [0, 0.05) is 0 Å². The maximum absolute atomic E-state index is 11.3. The summed E-state index contributed by atoms with van der Waals surface area (Å²) in [7, 11) is 0. The van der Waals surface area contributed by atoms with Crippen molar-refractivity contribution in [1.82, 2.24) is 5.32 Å². The first-order chi connectivity index (χ1) is 7.22. The van der Waals surface area contributed by atoms with Crippen molar-refractivity contribution in [2.75, 3.05) is 19.6 Å². The molecule has 0 rings (SSSR count). The fourth-order valence-electron chi connectivity index (χ4n) is 1.49. The van der Waals surface area contributed by atoms with Crippen LogP contribution in [-0.4, -0.2) is 31.5 Å². The summed E-state index contributed by atoms with van der Waals surface area (Å²) >= 11 is 0. The molecule has 0 radical (unpaired) electrons. The van der Waals surface area contributed by atoms with Crippen molar-refractivity contribution in [1.29, 1.82) is 0 Å². The van der Waals surface area contributed by atoms with Gasteiger partial charge in [-0.3, -0.25) is 4.79 Å². The van der Waals surface area contributed by atoms with Crippen molar-refractivity contribution in [2.45, 2.75) is 45.1 Å². The van der Waals surface area contributed by atoms with Crippen LogP contribution in [0.25, 0.3) is 0 Å². The van der Waals surface area contributed by atoms with Gasteiger partial charge in [0.2, 0.25) is 0 Å². The highest BCUT2D eigenvalue weighted by Crippen LogP contribution is 2.01. The number of Topliss-reactive ketones (excluding diaryl/α,β-unsaturated/α-hetero) is 1. The number of rotatable bonds is 10. The lowest BCUT2D eigenvalue weighted by molar-refractivity contribution is -0.119. The van der Waals surface area contributed by atoms with Gasteiger partial charge in [0.15, 0.2) is 0 Å². The van der Waals surface area contributed by atoms with Crippen molar-refractivity contribution in [3.05, 3.63) is 0 Å². The quantitative estimate of drug-likeness (QED) is 0.461. The Labute approximate surface area is 92.8 Å². The fraction of sp³-hybridized carbons (Fsp3) is 0.909. The Hall–Kier alpha value is -0.450. The number of carbonyl (C=O) groups is 1. The third-order valence-corrected chi connectivity index (χ3v) is 2.46. The molecule has 0 amide bonds. The van der Waals surface area contributed by atoms with Crippen LogP contribution < -0.4 is 16.8 Å². The second kappa shape index (κ2) is 10.1. The lowest BCUT2D eigenvalue weighted by atomic mass is 10.1. The van der Waals surface area contributed by atoms with Gasteiger partial charge in [-0.25, -0.2) is 0 Å². The molecule has 0 saturated heterocycles. The zero-order chi connectivity index (χ0) is 11.5. The molecule has 0 aromatic heterocycles. The number of nitrogens with two attached hydrogens (primary N) is 2. The molecule has 0 heterocycles. The summed E-state index contributed by atoms with van der Waals surface area (Å²) in [5, 5.41) is 3.27. The van der Waals surface area contributed by atoms with Crippen molar-refractivity contribution in [3.63, 3.8) is 0 Å². The topological polar surface area (TPSA) is 81.1 Å². The molecule has 1 atom stereocenters. The SMILES string of the molecule is CC(=O)[C@H](CCCCN)NCCCCN. The molecule has 4 nitrogen and oxygen atoms in total. The van der Waals surface area contributed by atoms with Crippen molar-refractivity contribution in [3.8, 4) is 0 Å². The van der Waals surface area contributed by atoms with E-state index in [2.05, 4.69) is 5.32 Å². The standard InChI is InChI=1S/C11H25N3O/c1-10(15)11(6-2-3-7-12)14-9-5-4-8-13/h11,14H,2-9,12-13H2,1H3/t11-/m0/s1. The summed E-state index contributed by atoms with van der Waals surface area (Å²) in [6.07, 6.45) is 4.96. The van der Waals surface area contributed by atoms with Gasteiger partial charge in [-0.05, 0) is 52.2 Å².